The summed E-state index contributed by atoms with van der Waals surface area (Å²) in [4.78, 5) is 15.2. The maximum Gasteiger partial charge on any atom is 0.241 e. The quantitative estimate of drug-likeness (QED) is 0.785. The Labute approximate surface area is 173 Å². The van der Waals surface area contributed by atoms with Gasteiger partial charge >= 0.3 is 0 Å². The van der Waals surface area contributed by atoms with Crippen LogP contribution in [0.3, 0.4) is 0 Å². The highest BCUT2D eigenvalue weighted by Crippen LogP contribution is 2.32. The van der Waals surface area contributed by atoms with Crippen molar-refractivity contribution in [1.82, 2.24) is 5.32 Å². The van der Waals surface area contributed by atoms with Crippen LogP contribution in [0.1, 0.15) is 50.6 Å². The number of ether oxygens (including phenoxy) is 2. The van der Waals surface area contributed by atoms with Crippen LogP contribution in [0, 0.1) is 0 Å². The molecule has 1 fully saturated rings. The molecule has 0 spiro atoms. The van der Waals surface area contributed by atoms with E-state index in [1.54, 1.807) is 0 Å². The molecular weight excluding hydrogens is 364 g/mol. The molecule has 0 aromatic heterocycles. The Bertz CT molecular complexity index is 818. The summed E-state index contributed by atoms with van der Waals surface area (Å²) in [5.74, 6) is 1.70. The zero-order valence-electron chi connectivity index (χ0n) is 17.1. The SMILES string of the molecule is C[C@H](NCC(=O)N(c1ccccc1)C1CCCCC1)c1ccc2c(c1)OCCO2. The topological polar surface area (TPSA) is 50.8 Å². The van der Waals surface area contributed by atoms with Gasteiger partial charge in [0.15, 0.2) is 11.5 Å². The van der Waals surface area contributed by atoms with E-state index >= 15 is 0 Å². The Kier molecular flexibility index (Phi) is 6.35. The molecule has 0 saturated heterocycles. The zero-order chi connectivity index (χ0) is 20.1. The molecule has 1 aliphatic heterocycles. The fourth-order valence-electron chi connectivity index (χ4n) is 4.26. The van der Waals surface area contributed by atoms with E-state index in [-0.39, 0.29) is 11.9 Å². The monoisotopic (exact) mass is 394 g/mol. The molecule has 0 radical (unpaired) electrons. The normalized spacial score (nSPS) is 17.6. The first-order valence-electron chi connectivity index (χ1n) is 10.7. The van der Waals surface area contributed by atoms with Gasteiger partial charge in [0.1, 0.15) is 13.2 Å². The van der Waals surface area contributed by atoms with Gasteiger partial charge in [-0.2, -0.15) is 0 Å². The van der Waals surface area contributed by atoms with E-state index in [1.165, 1.54) is 19.3 Å². The summed E-state index contributed by atoms with van der Waals surface area (Å²) in [5.41, 5.74) is 2.09. The molecule has 4 rings (SSSR count). The highest BCUT2D eigenvalue weighted by molar-refractivity contribution is 5.95. The molecule has 29 heavy (non-hydrogen) atoms. The fourth-order valence-corrected chi connectivity index (χ4v) is 4.26. The molecule has 0 unspecified atom stereocenters. The van der Waals surface area contributed by atoms with Gasteiger partial charge in [0.05, 0.1) is 6.54 Å². The molecule has 1 amide bonds. The van der Waals surface area contributed by atoms with E-state index in [1.807, 2.05) is 53.4 Å². The van der Waals surface area contributed by atoms with E-state index < -0.39 is 0 Å². The standard InChI is InChI=1S/C24H30N2O3/c1-18(19-12-13-22-23(16-19)29-15-14-28-22)25-17-24(27)26(20-8-4-2-5-9-20)21-10-6-3-7-11-21/h2,4-5,8-9,12-13,16,18,21,25H,3,6-7,10-11,14-15,17H2,1H3/t18-/m0/s1. The van der Waals surface area contributed by atoms with Gasteiger partial charge in [0.2, 0.25) is 5.91 Å². The average molecular weight is 395 g/mol. The first-order valence-corrected chi connectivity index (χ1v) is 10.7. The van der Waals surface area contributed by atoms with Crippen LogP contribution < -0.4 is 19.7 Å². The number of nitrogens with one attached hydrogen (secondary N) is 1. The lowest BCUT2D eigenvalue weighted by molar-refractivity contribution is -0.118. The predicted molar refractivity (Wildman–Crippen MR) is 115 cm³/mol. The largest absolute Gasteiger partial charge is 0.486 e. The molecule has 0 bridgehead atoms. The van der Waals surface area contributed by atoms with Gasteiger partial charge in [-0.1, -0.05) is 43.5 Å². The number of carbonyl (C=O) groups excluding carboxylic acids is 1. The molecule has 2 aliphatic rings. The molecule has 5 heteroatoms. The number of hydrogen-bond donors (Lipinski definition) is 1. The second-order valence-electron chi connectivity index (χ2n) is 7.90. The van der Waals surface area contributed by atoms with E-state index in [4.69, 9.17) is 9.47 Å². The van der Waals surface area contributed by atoms with Crippen molar-refractivity contribution in [1.29, 1.82) is 0 Å². The number of benzene rings is 2. The molecule has 5 nitrogen and oxygen atoms in total. The van der Waals surface area contributed by atoms with Crippen LogP contribution >= 0.6 is 0 Å². The number of amides is 1. The second kappa shape index (κ2) is 9.31. The van der Waals surface area contributed by atoms with Crippen molar-refractivity contribution < 1.29 is 14.3 Å². The summed E-state index contributed by atoms with van der Waals surface area (Å²) in [6.45, 7) is 3.54. The maximum absolute atomic E-state index is 13.2. The van der Waals surface area contributed by atoms with Gasteiger partial charge in [-0.15, -0.1) is 0 Å². The number of hydrogen-bond acceptors (Lipinski definition) is 4. The van der Waals surface area contributed by atoms with Crippen molar-refractivity contribution in [3.05, 3.63) is 54.1 Å². The highest BCUT2D eigenvalue weighted by atomic mass is 16.6. The Morgan fingerprint density at radius 1 is 1.03 bits per heavy atom. The van der Waals surface area contributed by atoms with Crippen LogP contribution in [0.4, 0.5) is 5.69 Å². The number of para-hydroxylation sites is 1. The van der Waals surface area contributed by atoms with Crippen LogP contribution in [-0.4, -0.2) is 31.7 Å². The molecule has 2 aromatic carbocycles. The smallest absolute Gasteiger partial charge is 0.241 e. The summed E-state index contributed by atoms with van der Waals surface area (Å²) in [5, 5.41) is 3.41. The van der Waals surface area contributed by atoms with Crippen LogP contribution in [0.25, 0.3) is 0 Å². The minimum Gasteiger partial charge on any atom is -0.486 e. The van der Waals surface area contributed by atoms with Crippen molar-refractivity contribution in [3.63, 3.8) is 0 Å². The highest BCUT2D eigenvalue weighted by Gasteiger charge is 2.27. The number of rotatable bonds is 6. The minimum absolute atomic E-state index is 0.0405. The lowest BCUT2D eigenvalue weighted by Crippen LogP contribution is -2.46. The summed E-state index contributed by atoms with van der Waals surface area (Å²) in [6, 6.07) is 16.4. The third-order valence-electron chi connectivity index (χ3n) is 5.87. The summed E-state index contributed by atoms with van der Waals surface area (Å²) in [7, 11) is 0. The number of fused-ring (bicyclic) bond motifs is 1. The molecule has 1 N–H and O–H groups in total. The van der Waals surface area contributed by atoms with E-state index in [2.05, 4.69) is 12.2 Å². The number of nitrogens with zero attached hydrogens (tertiary/aromatic N) is 1. The molecule has 154 valence electrons. The van der Waals surface area contributed by atoms with Crippen molar-refractivity contribution in [2.24, 2.45) is 0 Å². The Morgan fingerprint density at radius 3 is 2.52 bits per heavy atom. The van der Waals surface area contributed by atoms with Crippen molar-refractivity contribution in [2.45, 2.75) is 51.1 Å². The van der Waals surface area contributed by atoms with Crippen LogP contribution in [0.5, 0.6) is 11.5 Å². The Balaban J connectivity index is 1.43. The third-order valence-corrected chi connectivity index (χ3v) is 5.87. The Morgan fingerprint density at radius 2 is 1.76 bits per heavy atom. The lowest BCUT2D eigenvalue weighted by atomic mass is 9.93. The van der Waals surface area contributed by atoms with Gasteiger partial charge < -0.3 is 19.7 Å². The molecule has 2 aromatic rings. The van der Waals surface area contributed by atoms with Gasteiger partial charge in [-0.25, -0.2) is 0 Å². The summed E-state index contributed by atoms with van der Waals surface area (Å²) in [6.07, 6.45) is 5.83. The summed E-state index contributed by atoms with van der Waals surface area (Å²) >= 11 is 0. The van der Waals surface area contributed by atoms with Crippen LogP contribution in [0.2, 0.25) is 0 Å². The van der Waals surface area contributed by atoms with Crippen LogP contribution in [0.15, 0.2) is 48.5 Å². The number of carbonyl (C=O) groups is 1. The zero-order valence-corrected chi connectivity index (χ0v) is 17.1. The predicted octanol–water partition coefficient (Wildman–Crippen LogP) is 4.47. The number of anilines is 1. The van der Waals surface area contributed by atoms with E-state index in [0.29, 0.717) is 25.8 Å². The van der Waals surface area contributed by atoms with Gasteiger partial charge in [0.25, 0.3) is 0 Å². The molecule has 1 atom stereocenters. The van der Waals surface area contributed by atoms with Crippen molar-refractivity contribution in [2.75, 3.05) is 24.7 Å². The third kappa shape index (κ3) is 4.73. The maximum atomic E-state index is 13.2. The molecule has 1 saturated carbocycles. The van der Waals surface area contributed by atoms with Gasteiger partial charge in [-0.05, 0) is 49.6 Å². The van der Waals surface area contributed by atoms with E-state index in [9.17, 15) is 4.79 Å². The first-order chi connectivity index (χ1) is 14.2. The van der Waals surface area contributed by atoms with Crippen molar-refractivity contribution in [3.8, 4) is 11.5 Å². The minimum atomic E-state index is 0.0405. The fraction of sp³-hybridized carbons (Fsp3) is 0.458. The average Bonchev–Trinajstić information content (AvgIpc) is 2.79. The molecule has 1 heterocycles. The van der Waals surface area contributed by atoms with Gasteiger partial charge in [0, 0.05) is 17.8 Å². The summed E-state index contributed by atoms with van der Waals surface area (Å²) < 4.78 is 11.3. The molecular formula is C24H30N2O3. The van der Waals surface area contributed by atoms with Crippen molar-refractivity contribution >= 4 is 11.6 Å². The molecule has 1 aliphatic carbocycles. The second-order valence-corrected chi connectivity index (χ2v) is 7.90. The first kappa shape index (κ1) is 19.8. The lowest BCUT2D eigenvalue weighted by Gasteiger charge is -2.35. The Hall–Kier alpha value is -2.53. The van der Waals surface area contributed by atoms with Gasteiger partial charge in [-0.3, -0.25) is 4.79 Å². The van der Waals surface area contributed by atoms with Crippen LogP contribution in [-0.2, 0) is 4.79 Å². The van der Waals surface area contributed by atoms with E-state index in [0.717, 1.165) is 35.6 Å².